The number of halogens is 1. The van der Waals surface area contributed by atoms with Crippen molar-refractivity contribution in [2.75, 3.05) is 25.2 Å². The first kappa shape index (κ1) is 17.2. The van der Waals surface area contributed by atoms with Crippen LogP contribution in [0.4, 0.5) is 14.9 Å². The van der Waals surface area contributed by atoms with E-state index in [0.29, 0.717) is 17.9 Å². The summed E-state index contributed by atoms with van der Waals surface area (Å²) in [7, 11) is 0. The van der Waals surface area contributed by atoms with Crippen LogP contribution >= 0.6 is 0 Å². The zero-order chi connectivity index (χ0) is 15.7. The monoisotopic (exact) mass is 298 g/mol. The Morgan fingerprint density at radius 3 is 2.81 bits per heavy atom. The second kappa shape index (κ2) is 9.18. The molecule has 1 aromatic rings. The van der Waals surface area contributed by atoms with Crippen molar-refractivity contribution in [2.45, 2.75) is 26.3 Å². The zero-order valence-corrected chi connectivity index (χ0v) is 12.4. The van der Waals surface area contributed by atoms with E-state index in [4.69, 9.17) is 9.84 Å². The number of rotatable bonds is 8. The molecule has 0 fully saturated rings. The van der Waals surface area contributed by atoms with Crippen LogP contribution in [0.15, 0.2) is 24.3 Å². The number of alkyl halides is 1. The first-order chi connectivity index (χ1) is 10.1. The highest BCUT2D eigenvalue weighted by Gasteiger charge is 2.15. The number of anilines is 1. The third-order valence-electron chi connectivity index (χ3n) is 3.00. The normalized spacial score (nSPS) is 12.0. The first-order valence-corrected chi connectivity index (χ1v) is 7.04. The second-order valence-electron chi connectivity index (χ2n) is 5.03. The summed E-state index contributed by atoms with van der Waals surface area (Å²) in [6.45, 7) is 3.41. The Morgan fingerprint density at radius 2 is 2.19 bits per heavy atom. The van der Waals surface area contributed by atoms with Crippen LogP contribution in [0.1, 0.15) is 20.3 Å². The van der Waals surface area contributed by atoms with Gasteiger partial charge in [-0.1, -0.05) is 19.9 Å². The fraction of sp³-hybridized carbons (Fsp3) is 0.533. The maximum Gasteiger partial charge on any atom is 0.319 e. The first-order valence-electron chi connectivity index (χ1n) is 7.04. The number of urea groups is 1. The van der Waals surface area contributed by atoms with E-state index in [1.54, 1.807) is 24.3 Å². The Morgan fingerprint density at radius 1 is 1.43 bits per heavy atom. The summed E-state index contributed by atoms with van der Waals surface area (Å²) in [5.41, 5.74) is 0.565. The van der Waals surface area contributed by atoms with E-state index in [1.165, 1.54) is 0 Å². The van der Waals surface area contributed by atoms with Gasteiger partial charge in [0.15, 0.2) is 0 Å². The number of hydrogen-bond donors (Lipinski definition) is 3. The number of hydrogen-bond acceptors (Lipinski definition) is 3. The molecule has 1 rings (SSSR count). The molecule has 0 heterocycles. The Labute approximate surface area is 124 Å². The standard InChI is InChI=1S/C15H23FN2O3/c1-11(2)14(6-8-19)18-15(20)17-12-4-3-5-13(10-12)21-9-7-16/h3-5,10-11,14,19H,6-9H2,1-2H3,(H2,17,18,20). The molecular formula is C15H23FN2O3. The number of aliphatic hydroxyl groups is 1. The van der Waals surface area contributed by atoms with Gasteiger partial charge in [0.05, 0.1) is 0 Å². The molecule has 0 bridgehead atoms. The molecule has 1 aromatic carbocycles. The Hall–Kier alpha value is -1.82. The predicted octanol–water partition coefficient (Wildman–Crippen LogP) is 2.56. The number of aliphatic hydroxyl groups excluding tert-OH is 1. The predicted molar refractivity (Wildman–Crippen MR) is 80.4 cm³/mol. The van der Waals surface area contributed by atoms with Crippen molar-refractivity contribution in [3.8, 4) is 5.75 Å². The van der Waals surface area contributed by atoms with E-state index >= 15 is 0 Å². The van der Waals surface area contributed by atoms with Gasteiger partial charge in [0.2, 0.25) is 0 Å². The van der Waals surface area contributed by atoms with E-state index in [-0.39, 0.29) is 31.2 Å². The maximum absolute atomic E-state index is 12.1. The van der Waals surface area contributed by atoms with Crippen molar-refractivity contribution >= 4 is 11.7 Å². The molecule has 3 N–H and O–H groups in total. The molecule has 0 saturated heterocycles. The molecule has 0 aliphatic carbocycles. The number of amides is 2. The highest BCUT2D eigenvalue weighted by molar-refractivity contribution is 5.89. The number of carbonyl (C=O) groups excluding carboxylic acids is 1. The largest absolute Gasteiger partial charge is 0.491 e. The van der Waals surface area contributed by atoms with Crippen molar-refractivity contribution in [2.24, 2.45) is 5.92 Å². The lowest BCUT2D eigenvalue weighted by Gasteiger charge is -2.21. The second-order valence-corrected chi connectivity index (χ2v) is 5.03. The molecular weight excluding hydrogens is 275 g/mol. The molecule has 21 heavy (non-hydrogen) atoms. The summed E-state index contributed by atoms with van der Waals surface area (Å²) < 4.78 is 17.2. The number of benzene rings is 1. The molecule has 0 aliphatic rings. The summed E-state index contributed by atoms with van der Waals surface area (Å²) in [4.78, 5) is 11.9. The molecule has 0 aliphatic heterocycles. The van der Waals surface area contributed by atoms with Gasteiger partial charge < -0.3 is 20.5 Å². The van der Waals surface area contributed by atoms with E-state index in [9.17, 15) is 9.18 Å². The van der Waals surface area contributed by atoms with Gasteiger partial charge in [-0.15, -0.1) is 0 Å². The van der Waals surface area contributed by atoms with Crippen molar-refractivity contribution in [1.82, 2.24) is 5.32 Å². The van der Waals surface area contributed by atoms with Crippen molar-refractivity contribution in [3.63, 3.8) is 0 Å². The molecule has 6 heteroatoms. The smallest absolute Gasteiger partial charge is 0.319 e. The van der Waals surface area contributed by atoms with Crippen LogP contribution in [0.2, 0.25) is 0 Å². The van der Waals surface area contributed by atoms with Crippen LogP contribution in [-0.4, -0.2) is 37.1 Å². The average molecular weight is 298 g/mol. The molecule has 2 amide bonds. The lowest BCUT2D eigenvalue weighted by Crippen LogP contribution is -2.41. The molecule has 0 saturated carbocycles. The quantitative estimate of drug-likeness (QED) is 0.691. The third-order valence-corrected chi connectivity index (χ3v) is 3.00. The van der Waals surface area contributed by atoms with E-state index in [0.717, 1.165) is 0 Å². The molecule has 5 nitrogen and oxygen atoms in total. The Bertz CT molecular complexity index is 441. The number of carbonyl (C=O) groups is 1. The van der Waals surface area contributed by atoms with Crippen LogP contribution < -0.4 is 15.4 Å². The van der Waals surface area contributed by atoms with Gasteiger partial charge in [-0.3, -0.25) is 0 Å². The SMILES string of the molecule is CC(C)C(CCO)NC(=O)Nc1cccc(OCCF)c1. The van der Waals surface area contributed by atoms with Crippen LogP contribution in [0.3, 0.4) is 0 Å². The third kappa shape index (κ3) is 6.44. The van der Waals surface area contributed by atoms with Crippen LogP contribution in [-0.2, 0) is 0 Å². The lowest BCUT2D eigenvalue weighted by atomic mass is 10.0. The van der Waals surface area contributed by atoms with Gasteiger partial charge in [0.1, 0.15) is 19.0 Å². The topological polar surface area (TPSA) is 70.6 Å². The molecule has 1 atom stereocenters. The van der Waals surface area contributed by atoms with Crippen molar-refractivity contribution < 1.29 is 19.0 Å². The summed E-state index contributed by atoms with van der Waals surface area (Å²) >= 11 is 0. The van der Waals surface area contributed by atoms with Crippen molar-refractivity contribution in [1.29, 1.82) is 0 Å². The molecule has 118 valence electrons. The van der Waals surface area contributed by atoms with Gasteiger partial charge in [0.25, 0.3) is 0 Å². The van der Waals surface area contributed by atoms with Gasteiger partial charge >= 0.3 is 6.03 Å². The summed E-state index contributed by atoms with van der Waals surface area (Å²) in [6, 6.07) is 6.33. The summed E-state index contributed by atoms with van der Waals surface area (Å²) in [6.07, 6.45) is 0.505. The minimum absolute atomic E-state index is 0.0123. The molecule has 0 aromatic heterocycles. The van der Waals surface area contributed by atoms with Crippen LogP contribution in [0.25, 0.3) is 0 Å². The minimum Gasteiger partial charge on any atom is -0.491 e. The molecule has 1 unspecified atom stereocenters. The Balaban J connectivity index is 2.57. The molecule has 0 spiro atoms. The Kier molecular flexibility index (Phi) is 7.53. The van der Waals surface area contributed by atoms with E-state index in [1.807, 2.05) is 13.8 Å². The number of nitrogens with one attached hydrogen (secondary N) is 2. The van der Waals surface area contributed by atoms with Gasteiger partial charge in [0, 0.05) is 24.4 Å². The summed E-state index contributed by atoms with van der Waals surface area (Å²) in [5, 5.41) is 14.5. The maximum atomic E-state index is 12.1. The average Bonchev–Trinajstić information content (AvgIpc) is 2.45. The minimum atomic E-state index is -0.560. The fourth-order valence-electron chi connectivity index (χ4n) is 1.87. The van der Waals surface area contributed by atoms with Crippen LogP contribution in [0.5, 0.6) is 5.75 Å². The van der Waals surface area contributed by atoms with E-state index < -0.39 is 6.67 Å². The molecule has 0 radical (unpaired) electrons. The number of ether oxygens (including phenoxy) is 1. The van der Waals surface area contributed by atoms with Gasteiger partial charge in [-0.2, -0.15) is 0 Å². The van der Waals surface area contributed by atoms with Gasteiger partial charge in [-0.25, -0.2) is 9.18 Å². The van der Waals surface area contributed by atoms with Gasteiger partial charge in [-0.05, 0) is 24.5 Å². The van der Waals surface area contributed by atoms with Crippen molar-refractivity contribution in [3.05, 3.63) is 24.3 Å². The van der Waals surface area contributed by atoms with Crippen LogP contribution in [0, 0.1) is 5.92 Å². The highest BCUT2D eigenvalue weighted by Crippen LogP contribution is 2.17. The fourth-order valence-corrected chi connectivity index (χ4v) is 1.87. The lowest BCUT2D eigenvalue weighted by molar-refractivity contribution is 0.227. The summed E-state index contributed by atoms with van der Waals surface area (Å²) in [5.74, 6) is 0.725. The van der Waals surface area contributed by atoms with E-state index in [2.05, 4.69) is 10.6 Å². The highest BCUT2D eigenvalue weighted by atomic mass is 19.1. The zero-order valence-electron chi connectivity index (χ0n) is 12.4.